The molecule has 1 heterocycles. The summed E-state index contributed by atoms with van der Waals surface area (Å²) in [6, 6.07) is 7.14. The van der Waals surface area contributed by atoms with Gasteiger partial charge in [0, 0.05) is 24.2 Å². The smallest absolute Gasteiger partial charge is 0.269 e. The zero-order valence-corrected chi connectivity index (χ0v) is 24.9. The van der Waals surface area contributed by atoms with Crippen LogP contribution in [0.25, 0.3) is 0 Å². The molecule has 0 amide bonds. The van der Waals surface area contributed by atoms with Gasteiger partial charge in [0.2, 0.25) is 5.13 Å². The lowest BCUT2D eigenvalue weighted by Crippen LogP contribution is -2.34. The van der Waals surface area contributed by atoms with E-state index < -0.39 is 25.9 Å². The zero-order chi connectivity index (χ0) is 28.9. The van der Waals surface area contributed by atoms with E-state index in [2.05, 4.69) is 15.6 Å². The summed E-state index contributed by atoms with van der Waals surface area (Å²) in [4.78, 5) is 3.26. The molecule has 2 N–H and O–H groups in total. The maximum Gasteiger partial charge on any atom is 0.269 e. The topological polar surface area (TPSA) is 92.8 Å². The van der Waals surface area contributed by atoms with Gasteiger partial charge in [-0.25, -0.2) is 22.1 Å². The first-order valence-electron chi connectivity index (χ1n) is 12.9. The van der Waals surface area contributed by atoms with Gasteiger partial charge in [-0.15, -0.1) is 0 Å². The normalized spacial score (nSPS) is 14.8. The van der Waals surface area contributed by atoms with Crippen LogP contribution in [0, 0.1) is 16.9 Å². The average molecular weight is 615 g/mol. The third kappa shape index (κ3) is 6.96. The molecule has 4 rings (SSSR count). The van der Waals surface area contributed by atoms with E-state index in [9.17, 15) is 12.8 Å². The molecule has 1 fully saturated rings. The van der Waals surface area contributed by atoms with Crippen LogP contribution in [0.1, 0.15) is 37.7 Å². The minimum atomic E-state index is -4.57. The van der Waals surface area contributed by atoms with Gasteiger partial charge in [-0.2, -0.15) is 4.39 Å². The van der Waals surface area contributed by atoms with Crippen molar-refractivity contribution < 1.29 is 26.7 Å². The summed E-state index contributed by atoms with van der Waals surface area (Å²) in [5.41, 5.74) is 0.723. The molecule has 1 aromatic heterocycles. The number of rotatable bonds is 13. The van der Waals surface area contributed by atoms with Gasteiger partial charge in [0.1, 0.15) is 22.2 Å². The number of nitrogens with zero attached hydrogens (tertiary/aromatic N) is 2. The molecule has 0 radical (unpaired) electrons. The number of ether oxygens (including phenoxy) is 2. The minimum absolute atomic E-state index is 0.0444. The van der Waals surface area contributed by atoms with Crippen molar-refractivity contribution in [1.82, 2.24) is 10.3 Å². The summed E-state index contributed by atoms with van der Waals surface area (Å²) >= 11 is 6.99. The summed E-state index contributed by atoms with van der Waals surface area (Å²) in [5.74, 6) is 0.503. The zero-order valence-electron chi connectivity index (χ0n) is 22.5. The van der Waals surface area contributed by atoms with Gasteiger partial charge in [0.25, 0.3) is 10.0 Å². The summed E-state index contributed by atoms with van der Waals surface area (Å²) in [6.07, 6.45) is 6.82. The number of anilines is 2. The van der Waals surface area contributed by atoms with Crippen molar-refractivity contribution in [2.24, 2.45) is 5.92 Å². The molecule has 0 spiro atoms. The molecule has 0 aliphatic heterocycles. The number of thiazole rings is 1. The van der Waals surface area contributed by atoms with Crippen molar-refractivity contribution >= 4 is 43.8 Å². The Balaban J connectivity index is 1.62. The van der Waals surface area contributed by atoms with Gasteiger partial charge in [-0.3, -0.25) is 0 Å². The second-order valence-corrected chi connectivity index (χ2v) is 12.8. The molecule has 13 heteroatoms. The van der Waals surface area contributed by atoms with Crippen LogP contribution in [-0.2, 0) is 16.6 Å². The first-order chi connectivity index (χ1) is 19.2. The predicted octanol–water partition coefficient (Wildman–Crippen LogP) is 6.07. The number of methoxy groups -OCH3 is 2. The highest BCUT2D eigenvalue weighted by atomic mass is 35.5. The van der Waals surface area contributed by atoms with Crippen molar-refractivity contribution in [1.29, 1.82) is 0 Å². The van der Waals surface area contributed by atoms with Gasteiger partial charge in [0.05, 0.1) is 37.7 Å². The van der Waals surface area contributed by atoms with Crippen molar-refractivity contribution in [3.8, 4) is 11.5 Å². The van der Waals surface area contributed by atoms with Crippen LogP contribution in [0.2, 0.25) is 5.02 Å². The monoisotopic (exact) mass is 614 g/mol. The Labute approximate surface area is 242 Å². The SMILES string of the molecule is CNC(CNc1cc(F)c(S(=O)(=O)N(Cc2ccc(OC)cc2OC)c2ncc(F)s2)cc1Cl)CC1CCCC1. The van der Waals surface area contributed by atoms with Gasteiger partial charge in [-0.1, -0.05) is 48.6 Å². The third-order valence-electron chi connectivity index (χ3n) is 7.12. The van der Waals surface area contributed by atoms with E-state index >= 15 is 4.39 Å². The standard InChI is InChI=1S/C27H33ClF2N4O4S2/c1-31-19(10-17-6-4-5-7-17)14-32-23-13-22(29)25(12-21(23)28)40(35,36)34(27-33-15-26(30)39-27)16-18-8-9-20(37-2)11-24(18)38-3/h8-9,11-13,15,17,19,31-32H,4-7,10,14,16H2,1-3H3. The summed E-state index contributed by atoms with van der Waals surface area (Å²) in [6.45, 7) is 0.199. The van der Waals surface area contributed by atoms with Crippen LogP contribution < -0.4 is 24.4 Å². The number of aromatic nitrogens is 1. The van der Waals surface area contributed by atoms with Crippen LogP contribution in [-0.4, -0.2) is 47.3 Å². The summed E-state index contributed by atoms with van der Waals surface area (Å²) in [5, 5.41) is 5.63. The Kier molecular flexibility index (Phi) is 10.1. The lowest BCUT2D eigenvalue weighted by Gasteiger charge is -2.24. The van der Waals surface area contributed by atoms with Crippen LogP contribution in [0.4, 0.5) is 19.6 Å². The molecule has 0 bridgehead atoms. The molecule has 3 aromatic rings. The lowest BCUT2D eigenvalue weighted by atomic mass is 9.98. The van der Waals surface area contributed by atoms with Crippen molar-refractivity contribution in [3.05, 3.63) is 58.1 Å². The highest BCUT2D eigenvalue weighted by Crippen LogP contribution is 2.36. The maximum absolute atomic E-state index is 15.5. The molecule has 1 saturated carbocycles. The van der Waals surface area contributed by atoms with Crippen LogP contribution in [0.3, 0.4) is 0 Å². The van der Waals surface area contributed by atoms with E-state index in [1.807, 2.05) is 7.05 Å². The summed E-state index contributed by atoms with van der Waals surface area (Å²) < 4.78 is 68.5. The Hall–Kier alpha value is -2.67. The molecule has 2 aromatic carbocycles. The number of sulfonamides is 1. The minimum Gasteiger partial charge on any atom is -0.497 e. The number of hydrogen-bond donors (Lipinski definition) is 2. The highest BCUT2D eigenvalue weighted by molar-refractivity contribution is 7.93. The number of benzene rings is 2. The van der Waals surface area contributed by atoms with Crippen LogP contribution in [0.15, 0.2) is 41.4 Å². The molecular weight excluding hydrogens is 582 g/mol. The molecule has 1 aliphatic rings. The molecule has 1 aliphatic carbocycles. The van der Waals surface area contributed by atoms with E-state index in [1.165, 1.54) is 39.9 Å². The van der Waals surface area contributed by atoms with E-state index in [-0.39, 0.29) is 28.4 Å². The third-order valence-corrected chi connectivity index (χ3v) is 10.1. The Morgan fingerprint density at radius 2 is 1.93 bits per heavy atom. The summed E-state index contributed by atoms with van der Waals surface area (Å²) in [7, 11) is 0.226. The van der Waals surface area contributed by atoms with Crippen molar-refractivity contribution in [3.63, 3.8) is 0 Å². The first kappa shape index (κ1) is 30.3. The fraction of sp³-hybridized carbons (Fsp3) is 0.444. The van der Waals surface area contributed by atoms with Gasteiger partial charge < -0.3 is 20.1 Å². The molecule has 1 atom stereocenters. The molecule has 40 heavy (non-hydrogen) atoms. The molecule has 8 nitrogen and oxygen atoms in total. The maximum atomic E-state index is 15.5. The quantitative estimate of drug-likeness (QED) is 0.241. The molecular formula is C27H33ClF2N4O4S2. The lowest BCUT2D eigenvalue weighted by molar-refractivity contribution is 0.391. The van der Waals surface area contributed by atoms with E-state index in [1.54, 1.807) is 18.2 Å². The van der Waals surface area contributed by atoms with E-state index in [0.717, 1.165) is 29.1 Å². The Morgan fingerprint density at radius 1 is 1.18 bits per heavy atom. The van der Waals surface area contributed by atoms with Gasteiger partial charge in [-0.05, 0) is 43.7 Å². The first-order valence-corrected chi connectivity index (χ1v) is 15.5. The Morgan fingerprint density at radius 3 is 2.55 bits per heavy atom. The number of likely N-dealkylation sites (N-methyl/N-ethyl adjacent to an activating group) is 1. The van der Waals surface area contributed by atoms with Crippen molar-refractivity contribution in [2.75, 3.05) is 37.4 Å². The average Bonchev–Trinajstić information content (AvgIpc) is 3.62. The fourth-order valence-electron chi connectivity index (χ4n) is 4.92. The van der Waals surface area contributed by atoms with E-state index in [0.29, 0.717) is 40.9 Å². The predicted molar refractivity (Wildman–Crippen MR) is 154 cm³/mol. The number of halogens is 3. The number of hydrogen-bond acceptors (Lipinski definition) is 8. The van der Waals surface area contributed by atoms with Crippen LogP contribution in [0.5, 0.6) is 11.5 Å². The highest BCUT2D eigenvalue weighted by Gasteiger charge is 2.32. The molecule has 218 valence electrons. The van der Waals surface area contributed by atoms with Crippen molar-refractivity contribution in [2.45, 2.75) is 49.6 Å². The van der Waals surface area contributed by atoms with Gasteiger partial charge in [0.15, 0.2) is 5.13 Å². The van der Waals surface area contributed by atoms with Gasteiger partial charge >= 0.3 is 0 Å². The largest absolute Gasteiger partial charge is 0.497 e. The Bertz CT molecular complexity index is 1420. The molecule has 1 unspecified atom stereocenters. The van der Waals surface area contributed by atoms with E-state index in [4.69, 9.17) is 21.1 Å². The second-order valence-electron chi connectivity index (χ2n) is 9.65. The second kappa shape index (κ2) is 13.3. The van der Waals surface area contributed by atoms with Crippen LogP contribution >= 0.6 is 22.9 Å². The fourth-order valence-corrected chi connectivity index (χ4v) is 7.54. The molecule has 0 saturated heterocycles. The number of nitrogens with one attached hydrogen (secondary N) is 2.